The normalized spacial score (nSPS) is 11.4. The van der Waals surface area contributed by atoms with Crippen LogP contribution >= 0.6 is 27.5 Å². The van der Waals surface area contributed by atoms with E-state index in [0.717, 1.165) is 22.1 Å². The second-order valence-corrected chi connectivity index (χ2v) is 5.89. The van der Waals surface area contributed by atoms with Crippen molar-refractivity contribution < 1.29 is 0 Å². The van der Waals surface area contributed by atoms with Crippen LogP contribution in [0, 0.1) is 5.92 Å². The van der Waals surface area contributed by atoms with Crippen LogP contribution in [0.3, 0.4) is 0 Å². The first-order valence-corrected chi connectivity index (χ1v) is 6.65. The molecular weight excluding hydrogens is 302 g/mol. The maximum Gasteiger partial charge on any atom is 0.189 e. The number of benzene rings is 1. The fourth-order valence-electron chi connectivity index (χ4n) is 1.88. The summed E-state index contributed by atoms with van der Waals surface area (Å²) in [6.07, 6.45) is 0.845. The van der Waals surface area contributed by atoms with Crippen LogP contribution in [0.25, 0.3) is 10.9 Å². The van der Waals surface area contributed by atoms with Gasteiger partial charge in [0.1, 0.15) is 0 Å². The molecule has 2 nitrogen and oxygen atoms in total. The van der Waals surface area contributed by atoms with Crippen molar-refractivity contribution >= 4 is 38.4 Å². The Morgan fingerprint density at radius 1 is 1.35 bits per heavy atom. The number of rotatable bonds is 2. The predicted octanol–water partition coefficient (Wildman–Crippen LogP) is 4.14. The number of halogens is 2. The van der Waals surface area contributed by atoms with Crippen molar-refractivity contribution in [3.05, 3.63) is 43.6 Å². The van der Waals surface area contributed by atoms with E-state index in [1.165, 1.54) is 0 Å². The number of pyridine rings is 1. The van der Waals surface area contributed by atoms with E-state index in [-0.39, 0.29) is 5.43 Å². The largest absolute Gasteiger partial charge is 0.357 e. The summed E-state index contributed by atoms with van der Waals surface area (Å²) >= 11 is 9.48. The zero-order chi connectivity index (χ0) is 12.6. The van der Waals surface area contributed by atoms with Crippen molar-refractivity contribution in [2.75, 3.05) is 0 Å². The van der Waals surface area contributed by atoms with Crippen molar-refractivity contribution in [2.45, 2.75) is 20.3 Å². The Labute approximate surface area is 113 Å². The first kappa shape index (κ1) is 12.7. The topological polar surface area (TPSA) is 32.9 Å². The molecule has 4 heteroatoms. The van der Waals surface area contributed by atoms with Gasteiger partial charge in [0.05, 0.1) is 10.5 Å². The maximum absolute atomic E-state index is 12.0. The molecule has 2 aromatic rings. The summed E-state index contributed by atoms with van der Waals surface area (Å²) in [6.45, 7) is 4.23. The van der Waals surface area contributed by atoms with Gasteiger partial charge in [-0.15, -0.1) is 0 Å². The Morgan fingerprint density at radius 3 is 2.71 bits per heavy atom. The van der Waals surface area contributed by atoms with Crippen LogP contribution in [0.2, 0.25) is 5.02 Å². The zero-order valence-electron chi connectivity index (χ0n) is 9.68. The van der Waals surface area contributed by atoms with E-state index in [9.17, 15) is 4.79 Å². The van der Waals surface area contributed by atoms with Crippen LogP contribution in [0.15, 0.2) is 27.5 Å². The molecule has 0 radical (unpaired) electrons. The molecule has 0 unspecified atom stereocenters. The lowest BCUT2D eigenvalue weighted by atomic mass is 10.1. The first-order valence-electron chi connectivity index (χ1n) is 5.48. The third-order valence-electron chi connectivity index (χ3n) is 2.54. The minimum absolute atomic E-state index is 0.0117. The molecule has 0 aliphatic carbocycles. The number of aromatic amines is 1. The third kappa shape index (κ3) is 2.72. The number of aromatic nitrogens is 1. The lowest BCUT2D eigenvalue weighted by molar-refractivity contribution is 0.636. The second-order valence-electron chi connectivity index (χ2n) is 4.57. The smallest absolute Gasteiger partial charge is 0.189 e. The van der Waals surface area contributed by atoms with E-state index in [1.807, 2.05) is 0 Å². The third-order valence-corrected chi connectivity index (χ3v) is 3.30. The van der Waals surface area contributed by atoms with E-state index in [2.05, 4.69) is 34.8 Å². The summed E-state index contributed by atoms with van der Waals surface area (Å²) in [4.78, 5) is 15.2. The zero-order valence-corrected chi connectivity index (χ0v) is 12.0. The van der Waals surface area contributed by atoms with Gasteiger partial charge in [0, 0.05) is 21.6 Å². The molecule has 90 valence electrons. The van der Waals surface area contributed by atoms with Crippen molar-refractivity contribution in [2.24, 2.45) is 5.92 Å². The molecule has 0 amide bonds. The SMILES string of the molecule is CC(C)Cc1cc(=O)c2cc(Br)cc(Cl)c2[nH]1. The van der Waals surface area contributed by atoms with Gasteiger partial charge < -0.3 is 4.98 Å². The van der Waals surface area contributed by atoms with Crippen LogP contribution in [0.1, 0.15) is 19.5 Å². The van der Waals surface area contributed by atoms with Crippen LogP contribution in [-0.2, 0) is 6.42 Å². The minimum Gasteiger partial charge on any atom is -0.357 e. The Kier molecular flexibility index (Phi) is 3.59. The molecule has 1 N–H and O–H groups in total. The summed E-state index contributed by atoms with van der Waals surface area (Å²) in [5, 5.41) is 1.19. The molecule has 0 fully saturated rings. The quantitative estimate of drug-likeness (QED) is 0.887. The van der Waals surface area contributed by atoms with Crippen LogP contribution in [0.4, 0.5) is 0 Å². The highest BCUT2D eigenvalue weighted by atomic mass is 79.9. The summed E-state index contributed by atoms with van der Waals surface area (Å²) in [5.74, 6) is 0.498. The Bertz CT molecular complexity index is 619. The van der Waals surface area contributed by atoms with Crippen molar-refractivity contribution in [3.63, 3.8) is 0 Å². The molecular formula is C13H13BrClNO. The Hall–Kier alpha value is -0.800. The fourth-order valence-corrected chi connectivity index (χ4v) is 2.73. The molecule has 0 aliphatic heterocycles. The molecule has 1 heterocycles. The molecule has 1 aromatic carbocycles. The first-order chi connectivity index (χ1) is 7.97. The summed E-state index contributed by atoms with van der Waals surface area (Å²) in [6, 6.07) is 5.24. The molecule has 1 aromatic heterocycles. The van der Waals surface area contributed by atoms with E-state index in [1.54, 1.807) is 18.2 Å². The number of nitrogens with one attached hydrogen (secondary N) is 1. The van der Waals surface area contributed by atoms with E-state index >= 15 is 0 Å². The highest BCUT2D eigenvalue weighted by Gasteiger charge is 2.08. The van der Waals surface area contributed by atoms with E-state index in [4.69, 9.17) is 11.6 Å². The van der Waals surface area contributed by atoms with Gasteiger partial charge in [-0.3, -0.25) is 4.79 Å². The highest BCUT2D eigenvalue weighted by molar-refractivity contribution is 9.10. The summed E-state index contributed by atoms with van der Waals surface area (Å²) < 4.78 is 0.817. The van der Waals surface area contributed by atoms with Crippen LogP contribution < -0.4 is 5.43 Å². The van der Waals surface area contributed by atoms with Gasteiger partial charge in [-0.25, -0.2) is 0 Å². The Morgan fingerprint density at radius 2 is 2.06 bits per heavy atom. The van der Waals surface area contributed by atoms with Gasteiger partial charge in [-0.2, -0.15) is 0 Å². The average molecular weight is 315 g/mol. The monoisotopic (exact) mass is 313 g/mol. The van der Waals surface area contributed by atoms with Gasteiger partial charge >= 0.3 is 0 Å². The molecule has 0 bridgehead atoms. The van der Waals surface area contributed by atoms with Gasteiger partial charge in [0.15, 0.2) is 5.43 Å². The standard InChI is InChI=1S/C13H13BrClNO/c1-7(2)3-9-6-12(17)10-4-8(14)5-11(15)13(10)16-9/h4-7H,3H2,1-2H3,(H,16,17). The minimum atomic E-state index is 0.0117. The number of H-pyrrole nitrogens is 1. The van der Waals surface area contributed by atoms with Gasteiger partial charge in [0.25, 0.3) is 0 Å². The lowest BCUT2D eigenvalue weighted by Gasteiger charge is -2.08. The molecule has 0 aliphatic rings. The van der Waals surface area contributed by atoms with Crippen LogP contribution in [-0.4, -0.2) is 4.98 Å². The lowest BCUT2D eigenvalue weighted by Crippen LogP contribution is -2.07. The molecule has 0 spiro atoms. The van der Waals surface area contributed by atoms with E-state index in [0.29, 0.717) is 16.3 Å². The highest BCUT2D eigenvalue weighted by Crippen LogP contribution is 2.25. The predicted molar refractivity (Wildman–Crippen MR) is 75.8 cm³/mol. The average Bonchev–Trinajstić information content (AvgIpc) is 2.19. The fraction of sp³-hybridized carbons (Fsp3) is 0.308. The molecule has 17 heavy (non-hydrogen) atoms. The van der Waals surface area contributed by atoms with Crippen molar-refractivity contribution in [1.82, 2.24) is 4.98 Å². The van der Waals surface area contributed by atoms with Gasteiger partial charge in [0.2, 0.25) is 0 Å². The van der Waals surface area contributed by atoms with Crippen molar-refractivity contribution in [3.8, 4) is 0 Å². The maximum atomic E-state index is 12.0. The molecule has 0 saturated carbocycles. The number of hydrogen-bond donors (Lipinski definition) is 1. The Balaban J connectivity index is 2.69. The molecule has 0 saturated heterocycles. The van der Waals surface area contributed by atoms with E-state index < -0.39 is 0 Å². The number of fused-ring (bicyclic) bond motifs is 1. The summed E-state index contributed by atoms with van der Waals surface area (Å²) in [7, 11) is 0. The van der Waals surface area contributed by atoms with Crippen molar-refractivity contribution in [1.29, 1.82) is 0 Å². The van der Waals surface area contributed by atoms with Crippen LogP contribution in [0.5, 0.6) is 0 Å². The van der Waals surface area contributed by atoms with Gasteiger partial charge in [-0.05, 0) is 24.5 Å². The molecule has 0 atom stereocenters. The van der Waals surface area contributed by atoms with Gasteiger partial charge in [-0.1, -0.05) is 41.4 Å². The number of hydrogen-bond acceptors (Lipinski definition) is 1. The summed E-state index contributed by atoms with van der Waals surface area (Å²) in [5.41, 5.74) is 1.66. The second kappa shape index (κ2) is 4.83. The molecule has 2 rings (SSSR count).